The van der Waals surface area contributed by atoms with Crippen LogP contribution in [0.3, 0.4) is 0 Å². The molecule has 0 saturated carbocycles. The van der Waals surface area contributed by atoms with E-state index in [-0.39, 0.29) is 6.10 Å². The molecule has 1 aliphatic rings. The third kappa shape index (κ3) is 4.33. The Morgan fingerprint density at radius 3 is 2.76 bits per heavy atom. The van der Waals surface area contributed by atoms with E-state index in [1.54, 1.807) is 11.3 Å². The summed E-state index contributed by atoms with van der Waals surface area (Å²) in [6.45, 7) is 10.1. The van der Waals surface area contributed by atoms with Gasteiger partial charge >= 0.3 is 0 Å². The number of rotatable bonds is 5. The van der Waals surface area contributed by atoms with E-state index < -0.39 is 0 Å². The summed E-state index contributed by atoms with van der Waals surface area (Å²) in [5.74, 6) is 0. The zero-order valence-electron chi connectivity index (χ0n) is 19.7. The fourth-order valence-electron chi connectivity index (χ4n) is 4.49. The van der Waals surface area contributed by atoms with Gasteiger partial charge in [0.25, 0.3) is 0 Å². The molecule has 1 fully saturated rings. The molecular weight excluding hydrogens is 428 g/mol. The van der Waals surface area contributed by atoms with Gasteiger partial charge in [0, 0.05) is 39.7 Å². The summed E-state index contributed by atoms with van der Waals surface area (Å²) in [5, 5.41) is 8.33. The molecule has 1 aliphatic heterocycles. The summed E-state index contributed by atoms with van der Waals surface area (Å²) in [6, 6.07) is 12.9. The molecule has 170 valence electrons. The summed E-state index contributed by atoms with van der Waals surface area (Å²) < 4.78 is 7.79. The van der Waals surface area contributed by atoms with Crippen LogP contribution in [0.1, 0.15) is 40.8 Å². The van der Waals surface area contributed by atoms with E-state index in [9.17, 15) is 0 Å². The van der Waals surface area contributed by atoms with E-state index in [1.807, 2.05) is 10.9 Å². The van der Waals surface area contributed by atoms with Crippen LogP contribution in [0.15, 0.2) is 51.9 Å². The first-order chi connectivity index (χ1) is 16.0. The molecule has 1 N–H and O–H groups in total. The van der Waals surface area contributed by atoms with Crippen molar-refractivity contribution in [3.63, 3.8) is 0 Å². The number of aryl methyl sites for hydroxylation is 4. The molecule has 2 aromatic heterocycles. The molecule has 1 unspecified atom stereocenters. The van der Waals surface area contributed by atoms with Crippen molar-refractivity contribution < 1.29 is 4.74 Å². The molecule has 6 heteroatoms. The maximum atomic E-state index is 5.80. The second-order valence-electron chi connectivity index (χ2n) is 8.90. The molecule has 3 heterocycles. The summed E-state index contributed by atoms with van der Waals surface area (Å²) in [7, 11) is 0. The topological polar surface area (TPSA) is 54.7 Å². The van der Waals surface area contributed by atoms with Crippen molar-refractivity contribution in [3.05, 3.63) is 74.5 Å². The zero-order valence-corrected chi connectivity index (χ0v) is 20.5. The van der Waals surface area contributed by atoms with E-state index in [0.717, 1.165) is 46.7 Å². The lowest BCUT2D eigenvalue weighted by molar-refractivity contribution is 0.117. The molecule has 5 nitrogen and oxygen atoms in total. The van der Waals surface area contributed by atoms with E-state index in [1.165, 1.54) is 27.6 Å². The Kier molecular flexibility index (Phi) is 6.04. The van der Waals surface area contributed by atoms with Gasteiger partial charge in [-0.05, 0) is 69.4 Å². The Hall–Kier alpha value is -2.96. The van der Waals surface area contributed by atoms with E-state index in [4.69, 9.17) is 14.8 Å². The number of thiazole rings is 1. The highest BCUT2D eigenvalue weighted by Gasteiger charge is 2.16. The number of aromatic amines is 1. The van der Waals surface area contributed by atoms with Gasteiger partial charge in [-0.2, -0.15) is 5.10 Å². The molecule has 1 saturated heterocycles. The zero-order chi connectivity index (χ0) is 22.9. The monoisotopic (exact) mass is 458 g/mol. The van der Waals surface area contributed by atoms with Crippen LogP contribution < -0.4 is 4.80 Å². The van der Waals surface area contributed by atoms with Gasteiger partial charge in [-0.3, -0.25) is 4.99 Å². The molecule has 1 atom stereocenters. The Labute approximate surface area is 198 Å². The van der Waals surface area contributed by atoms with Crippen LogP contribution in [-0.2, 0) is 4.74 Å². The average molecular weight is 459 g/mol. The minimum absolute atomic E-state index is 0.215. The molecule has 0 bridgehead atoms. The van der Waals surface area contributed by atoms with Crippen molar-refractivity contribution in [2.45, 2.75) is 46.6 Å². The Bertz CT molecular complexity index is 1400. The number of benzene rings is 2. The van der Waals surface area contributed by atoms with Crippen molar-refractivity contribution >= 4 is 28.5 Å². The highest BCUT2D eigenvalue weighted by Crippen LogP contribution is 2.27. The second kappa shape index (κ2) is 9.12. The van der Waals surface area contributed by atoms with E-state index in [2.05, 4.69) is 74.5 Å². The first-order valence-corrected chi connectivity index (χ1v) is 12.4. The maximum Gasteiger partial charge on any atom is 0.206 e. The van der Waals surface area contributed by atoms with Gasteiger partial charge in [-0.25, -0.2) is 4.68 Å². The fourth-order valence-corrected chi connectivity index (χ4v) is 5.33. The van der Waals surface area contributed by atoms with Crippen LogP contribution in [-0.4, -0.2) is 35.1 Å². The molecule has 4 aromatic rings. The molecule has 33 heavy (non-hydrogen) atoms. The first-order valence-electron chi connectivity index (χ1n) is 11.5. The SMILES string of the molecule is Cc1cc(C)c(-c2csc(=NCC3CCCO3)n2/N=C/c2c(C)[nH]c3ccccc23)cc1C. The van der Waals surface area contributed by atoms with Gasteiger partial charge in [0.15, 0.2) is 0 Å². The number of para-hydroxylation sites is 1. The average Bonchev–Trinajstić information content (AvgIpc) is 3.52. The number of nitrogens with zero attached hydrogens (tertiary/aromatic N) is 3. The highest BCUT2D eigenvalue weighted by molar-refractivity contribution is 7.07. The van der Waals surface area contributed by atoms with Gasteiger partial charge in [0.2, 0.25) is 4.80 Å². The number of H-pyrrole nitrogens is 1. The number of hydrogen-bond acceptors (Lipinski definition) is 4. The third-order valence-electron chi connectivity index (χ3n) is 6.50. The van der Waals surface area contributed by atoms with Crippen molar-refractivity contribution in [2.24, 2.45) is 10.1 Å². The third-order valence-corrected chi connectivity index (χ3v) is 7.36. The normalized spacial score (nSPS) is 17.1. The van der Waals surface area contributed by atoms with Crippen molar-refractivity contribution in [2.75, 3.05) is 13.2 Å². The molecular formula is C27H30N4OS. The van der Waals surface area contributed by atoms with Crippen LogP contribution in [0.2, 0.25) is 0 Å². The predicted octanol–water partition coefficient (Wildman–Crippen LogP) is 5.89. The Morgan fingerprint density at radius 2 is 1.94 bits per heavy atom. The summed E-state index contributed by atoms with van der Waals surface area (Å²) in [4.78, 5) is 9.28. The molecule has 0 amide bonds. The van der Waals surface area contributed by atoms with Crippen molar-refractivity contribution in [3.8, 4) is 11.3 Å². The Morgan fingerprint density at radius 1 is 1.12 bits per heavy atom. The molecule has 0 aliphatic carbocycles. The summed E-state index contributed by atoms with van der Waals surface area (Å²) in [5.41, 5.74) is 9.44. The highest BCUT2D eigenvalue weighted by atomic mass is 32.1. The van der Waals surface area contributed by atoms with Gasteiger partial charge in [0.1, 0.15) is 0 Å². The maximum absolute atomic E-state index is 5.80. The second-order valence-corrected chi connectivity index (χ2v) is 9.73. The predicted molar refractivity (Wildman–Crippen MR) is 137 cm³/mol. The Balaban J connectivity index is 1.62. The summed E-state index contributed by atoms with van der Waals surface area (Å²) in [6.07, 6.45) is 4.38. The van der Waals surface area contributed by atoms with Crippen LogP contribution in [0, 0.1) is 27.7 Å². The van der Waals surface area contributed by atoms with E-state index >= 15 is 0 Å². The van der Waals surface area contributed by atoms with Crippen LogP contribution in [0.25, 0.3) is 22.2 Å². The van der Waals surface area contributed by atoms with Gasteiger partial charge in [-0.1, -0.05) is 24.3 Å². The van der Waals surface area contributed by atoms with Gasteiger partial charge in [-0.15, -0.1) is 11.3 Å². The van der Waals surface area contributed by atoms with Gasteiger partial charge in [0.05, 0.1) is 24.6 Å². The quantitative estimate of drug-likeness (QED) is 0.372. The lowest BCUT2D eigenvalue weighted by Crippen LogP contribution is -2.17. The number of fused-ring (bicyclic) bond motifs is 1. The molecule has 2 aromatic carbocycles. The largest absolute Gasteiger partial charge is 0.376 e. The molecule has 0 radical (unpaired) electrons. The molecule has 0 spiro atoms. The summed E-state index contributed by atoms with van der Waals surface area (Å²) >= 11 is 1.64. The van der Waals surface area contributed by atoms with Crippen molar-refractivity contribution in [1.82, 2.24) is 9.66 Å². The number of aromatic nitrogens is 2. The lowest BCUT2D eigenvalue weighted by Gasteiger charge is -2.11. The number of hydrogen-bond donors (Lipinski definition) is 1. The van der Waals surface area contributed by atoms with Gasteiger partial charge < -0.3 is 9.72 Å². The number of nitrogens with one attached hydrogen (secondary N) is 1. The standard InChI is InChI=1S/C27H30N4OS/c1-17-12-19(3)23(13-18(17)2)26-16-33-27(28-14-21-8-7-11-32-21)31(26)29-15-24-20(4)30-25-10-6-5-9-22(24)25/h5-6,9-10,12-13,15-16,21,30H,7-8,11,14H2,1-4H3/b28-27?,29-15+. The smallest absolute Gasteiger partial charge is 0.206 e. The fraction of sp³-hybridized carbons (Fsp3) is 0.333. The van der Waals surface area contributed by atoms with Crippen LogP contribution >= 0.6 is 11.3 Å². The van der Waals surface area contributed by atoms with Crippen molar-refractivity contribution in [1.29, 1.82) is 0 Å². The lowest BCUT2D eigenvalue weighted by atomic mass is 9.99. The van der Waals surface area contributed by atoms with Crippen LogP contribution in [0.5, 0.6) is 0 Å². The van der Waals surface area contributed by atoms with E-state index in [0.29, 0.717) is 6.54 Å². The first kappa shape index (κ1) is 21.9. The molecule has 5 rings (SSSR count). The minimum Gasteiger partial charge on any atom is -0.376 e. The number of ether oxygens (including phenoxy) is 1. The minimum atomic E-state index is 0.215. The van der Waals surface area contributed by atoms with Crippen LogP contribution in [0.4, 0.5) is 0 Å².